The fraction of sp³-hybridized carbons (Fsp3) is 0.385. The summed E-state index contributed by atoms with van der Waals surface area (Å²) in [6.07, 6.45) is 6.22. The summed E-state index contributed by atoms with van der Waals surface area (Å²) in [6, 6.07) is 3.66. The molecule has 2 aromatic rings. The number of nitrogens with two attached hydrogens (primary N) is 1. The zero-order valence-electron chi connectivity index (χ0n) is 11.2. The highest BCUT2D eigenvalue weighted by Gasteiger charge is 2.22. The molecule has 0 saturated heterocycles. The number of nitrogens with zero attached hydrogens (tertiary/aromatic N) is 3. The van der Waals surface area contributed by atoms with E-state index in [1.54, 1.807) is 25.7 Å². The second-order valence-corrected chi connectivity index (χ2v) is 4.21. The summed E-state index contributed by atoms with van der Waals surface area (Å²) in [5, 5.41) is 4.35. The van der Waals surface area contributed by atoms with E-state index in [1.165, 1.54) is 0 Å². The molecule has 0 fully saturated rings. The number of pyridine rings is 1. The lowest BCUT2D eigenvalue weighted by Crippen LogP contribution is -2.31. The molecule has 6 heteroatoms. The lowest BCUT2D eigenvalue weighted by atomic mass is 10.1. The van der Waals surface area contributed by atoms with Gasteiger partial charge in [0.1, 0.15) is 5.69 Å². The van der Waals surface area contributed by atoms with Crippen LogP contribution in [0.3, 0.4) is 0 Å². The van der Waals surface area contributed by atoms with Crippen molar-refractivity contribution in [3.63, 3.8) is 0 Å². The first-order chi connectivity index (χ1) is 9.31. The largest absolute Gasteiger partial charge is 0.493 e. The van der Waals surface area contributed by atoms with Crippen LogP contribution in [0.5, 0.6) is 5.75 Å². The van der Waals surface area contributed by atoms with Crippen LogP contribution in [0.4, 0.5) is 0 Å². The van der Waals surface area contributed by atoms with Crippen LogP contribution >= 0.6 is 0 Å². The number of hydrogen-bond donors (Lipinski definition) is 2. The van der Waals surface area contributed by atoms with Gasteiger partial charge in [0.15, 0.2) is 5.75 Å². The number of aromatic nitrogens is 3. The molecule has 102 valence electrons. The van der Waals surface area contributed by atoms with Gasteiger partial charge in [-0.25, -0.2) is 5.43 Å². The number of rotatable bonds is 6. The molecular weight excluding hydrogens is 242 g/mol. The molecule has 0 spiro atoms. The Labute approximate surface area is 112 Å². The van der Waals surface area contributed by atoms with Gasteiger partial charge in [-0.3, -0.25) is 15.5 Å². The highest BCUT2D eigenvalue weighted by atomic mass is 16.5. The zero-order valence-corrected chi connectivity index (χ0v) is 11.2. The number of ether oxygens (including phenoxy) is 1. The molecule has 0 bridgehead atoms. The maximum Gasteiger partial charge on any atom is 0.161 e. The Morgan fingerprint density at radius 2 is 2.32 bits per heavy atom. The summed E-state index contributed by atoms with van der Waals surface area (Å²) in [5.41, 5.74) is 4.70. The third-order valence-electron chi connectivity index (χ3n) is 2.96. The first-order valence-electron chi connectivity index (χ1n) is 6.27. The van der Waals surface area contributed by atoms with Crippen molar-refractivity contribution in [2.75, 3.05) is 7.11 Å². The molecule has 6 nitrogen and oxygen atoms in total. The number of hydrogen-bond acceptors (Lipinski definition) is 5. The summed E-state index contributed by atoms with van der Waals surface area (Å²) in [5.74, 6) is 6.43. The Kier molecular flexibility index (Phi) is 4.48. The lowest BCUT2D eigenvalue weighted by molar-refractivity contribution is 0.398. The summed E-state index contributed by atoms with van der Waals surface area (Å²) >= 11 is 0. The minimum absolute atomic E-state index is 0.197. The molecular formula is C13H19N5O. The Balaban J connectivity index is 2.45. The van der Waals surface area contributed by atoms with E-state index in [-0.39, 0.29) is 6.04 Å². The molecule has 0 aromatic carbocycles. The molecule has 0 aliphatic heterocycles. The van der Waals surface area contributed by atoms with Gasteiger partial charge >= 0.3 is 0 Å². The summed E-state index contributed by atoms with van der Waals surface area (Å²) in [6.45, 7) is 2.92. The van der Waals surface area contributed by atoms with Crippen molar-refractivity contribution >= 4 is 0 Å². The van der Waals surface area contributed by atoms with Crippen molar-refractivity contribution in [3.05, 3.63) is 42.0 Å². The monoisotopic (exact) mass is 261 g/mol. The summed E-state index contributed by atoms with van der Waals surface area (Å²) in [7, 11) is 1.63. The smallest absolute Gasteiger partial charge is 0.161 e. The van der Waals surface area contributed by atoms with Crippen LogP contribution in [0.25, 0.3) is 0 Å². The zero-order chi connectivity index (χ0) is 13.7. The Morgan fingerprint density at radius 3 is 2.89 bits per heavy atom. The van der Waals surface area contributed by atoms with E-state index >= 15 is 0 Å². The van der Waals surface area contributed by atoms with E-state index in [4.69, 9.17) is 10.6 Å². The molecule has 0 aliphatic carbocycles. The van der Waals surface area contributed by atoms with Crippen molar-refractivity contribution in [1.82, 2.24) is 20.2 Å². The molecule has 1 atom stereocenters. The van der Waals surface area contributed by atoms with Crippen LogP contribution in [0.15, 0.2) is 30.7 Å². The number of aryl methyl sites for hydroxylation is 1. The maximum atomic E-state index is 5.71. The van der Waals surface area contributed by atoms with Crippen molar-refractivity contribution in [1.29, 1.82) is 0 Å². The summed E-state index contributed by atoms with van der Waals surface area (Å²) in [4.78, 5) is 4.13. The predicted octanol–water partition coefficient (Wildman–Crippen LogP) is 1.25. The van der Waals surface area contributed by atoms with E-state index in [1.807, 2.05) is 16.8 Å². The Morgan fingerprint density at radius 1 is 1.47 bits per heavy atom. The van der Waals surface area contributed by atoms with E-state index in [9.17, 15) is 0 Å². The molecule has 3 N–H and O–H groups in total. The molecule has 1 unspecified atom stereocenters. The van der Waals surface area contributed by atoms with Crippen molar-refractivity contribution in [2.24, 2.45) is 5.84 Å². The topological polar surface area (TPSA) is 78.0 Å². The normalized spacial score (nSPS) is 12.4. The third kappa shape index (κ3) is 2.74. The SMILES string of the molecule is CCCn1ncc(OC)c1C(NN)c1cccnc1. The second kappa shape index (κ2) is 6.31. The molecule has 0 radical (unpaired) electrons. The first-order valence-corrected chi connectivity index (χ1v) is 6.27. The number of nitrogens with one attached hydrogen (secondary N) is 1. The molecule has 2 aromatic heterocycles. The lowest BCUT2D eigenvalue weighted by Gasteiger charge is -2.19. The highest BCUT2D eigenvalue weighted by molar-refractivity contribution is 5.35. The van der Waals surface area contributed by atoms with E-state index in [2.05, 4.69) is 22.4 Å². The van der Waals surface area contributed by atoms with Gasteiger partial charge in [-0.15, -0.1) is 0 Å². The first kappa shape index (κ1) is 13.5. The predicted molar refractivity (Wildman–Crippen MR) is 72.5 cm³/mol. The molecule has 2 heterocycles. The average molecular weight is 261 g/mol. The van der Waals surface area contributed by atoms with Crippen LogP contribution in [-0.4, -0.2) is 21.9 Å². The minimum Gasteiger partial charge on any atom is -0.493 e. The van der Waals surface area contributed by atoms with Gasteiger partial charge in [0.25, 0.3) is 0 Å². The van der Waals surface area contributed by atoms with E-state index in [0.717, 1.165) is 30.0 Å². The second-order valence-electron chi connectivity index (χ2n) is 4.21. The van der Waals surface area contributed by atoms with Gasteiger partial charge in [-0.2, -0.15) is 5.10 Å². The molecule has 19 heavy (non-hydrogen) atoms. The fourth-order valence-corrected chi connectivity index (χ4v) is 2.10. The minimum atomic E-state index is -0.197. The van der Waals surface area contributed by atoms with Gasteiger partial charge in [0.2, 0.25) is 0 Å². The van der Waals surface area contributed by atoms with Crippen LogP contribution < -0.4 is 16.0 Å². The molecule has 0 amide bonds. The van der Waals surface area contributed by atoms with Crippen molar-refractivity contribution in [3.8, 4) is 5.75 Å². The molecule has 0 aliphatic rings. The van der Waals surface area contributed by atoms with Gasteiger partial charge in [0, 0.05) is 18.9 Å². The van der Waals surface area contributed by atoms with Gasteiger partial charge in [0.05, 0.1) is 19.3 Å². The van der Waals surface area contributed by atoms with Gasteiger partial charge in [-0.1, -0.05) is 13.0 Å². The Hall–Kier alpha value is -1.92. The van der Waals surface area contributed by atoms with Gasteiger partial charge < -0.3 is 4.74 Å². The maximum absolute atomic E-state index is 5.71. The van der Waals surface area contributed by atoms with Crippen molar-refractivity contribution in [2.45, 2.75) is 25.9 Å². The van der Waals surface area contributed by atoms with Gasteiger partial charge in [-0.05, 0) is 18.1 Å². The van der Waals surface area contributed by atoms with Crippen LogP contribution in [-0.2, 0) is 6.54 Å². The third-order valence-corrected chi connectivity index (χ3v) is 2.96. The van der Waals surface area contributed by atoms with Crippen molar-refractivity contribution < 1.29 is 4.74 Å². The quantitative estimate of drug-likeness (QED) is 0.604. The highest BCUT2D eigenvalue weighted by Crippen LogP contribution is 2.29. The molecule has 0 saturated carbocycles. The number of hydrazine groups is 1. The number of methoxy groups -OCH3 is 1. The van der Waals surface area contributed by atoms with E-state index in [0.29, 0.717) is 0 Å². The Bertz CT molecular complexity index is 511. The van der Waals surface area contributed by atoms with E-state index < -0.39 is 0 Å². The standard InChI is InChI=1S/C13H19N5O/c1-3-7-18-13(11(19-2)9-16-18)12(17-14)10-5-4-6-15-8-10/h4-6,8-9,12,17H,3,7,14H2,1-2H3. The van der Waals surface area contributed by atoms with Crippen LogP contribution in [0.1, 0.15) is 30.6 Å². The summed E-state index contributed by atoms with van der Waals surface area (Å²) < 4.78 is 7.29. The fourth-order valence-electron chi connectivity index (χ4n) is 2.10. The van der Waals surface area contributed by atoms with Crippen LogP contribution in [0, 0.1) is 0 Å². The average Bonchev–Trinajstić information content (AvgIpc) is 2.85. The molecule has 2 rings (SSSR count). The van der Waals surface area contributed by atoms with Crippen LogP contribution in [0.2, 0.25) is 0 Å².